The Morgan fingerprint density at radius 1 is 1.11 bits per heavy atom. The molecular formula is C21H19N5O. The van der Waals surface area contributed by atoms with Crippen molar-refractivity contribution in [2.75, 3.05) is 17.3 Å². The van der Waals surface area contributed by atoms with E-state index in [4.69, 9.17) is 5.26 Å². The highest BCUT2D eigenvalue weighted by Crippen LogP contribution is 2.15. The van der Waals surface area contributed by atoms with Gasteiger partial charge in [-0.25, -0.2) is 9.97 Å². The van der Waals surface area contributed by atoms with E-state index in [0.29, 0.717) is 29.4 Å². The average Bonchev–Trinajstić information content (AvgIpc) is 2.68. The van der Waals surface area contributed by atoms with Gasteiger partial charge in [0.1, 0.15) is 5.69 Å². The number of amides is 1. The molecule has 27 heavy (non-hydrogen) atoms. The first-order valence-corrected chi connectivity index (χ1v) is 8.47. The topological polar surface area (TPSA) is 81.9 Å². The van der Waals surface area contributed by atoms with E-state index >= 15 is 0 Å². The molecule has 2 aromatic carbocycles. The van der Waals surface area contributed by atoms with E-state index in [0.717, 1.165) is 5.56 Å². The van der Waals surface area contributed by atoms with Gasteiger partial charge in [0.15, 0.2) is 0 Å². The molecule has 0 aliphatic carbocycles. The van der Waals surface area contributed by atoms with E-state index in [2.05, 4.69) is 21.4 Å². The summed E-state index contributed by atoms with van der Waals surface area (Å²) < 4.78 is 0. The number of rotatable bonds is 5. The molecular weight excluding hydrogens is 338 g/mol. The summed E-state index contributed by atoms with van der Waals surface area (Å²) >= 11 is 0. The lowest BCUT2D eigenvalue weighted by atomic mass is 10.2. The Bertz CT molecular complexity index is 995. The number of hydrogen-bond donors (Lipinski definition) is 1. The standard InChI is InChI=1S/C21H19N5O/c1-15-11-19(20(27)24-18-10-6-9-17(12-18)13-22)25-21(23-15)26(2)14-16-7-4-3-5-8-16/h3-12H,14H2,1-2H3,(H,24,27). The molecule has 0 unspecified atom stereocenters. The van der Waals surface area contributed by atoms with E-state index in [1.165, 1.54) is 0 Å². The molecule has 0 radical (unpaired) electrons. The Labute approximate surface area is 158 Å². The maximum absolute atomic E-state index is 12.6. The summed E-state index contributed by atoms with van der Waals surface area (Å²) in [6.07, 6.45) is 0. The van der Waals surface area contributed by atoms with Gasteiger partial charge < -0.3 is 10.2 Å². The minimum Gasteiger partial charge on any atom is -0.340 e. The largest absolute Gasteiger partial charge is 0.340 e. The van der Waals surface area contributed by atoms with Gasteiger partial charge in [0, 0.05) is 25.0 Å². The SMILES string of the molecule is Cc1cc(C(=O)Nc2cccc(C#N)c2)nc(N(C)Cc2ccccc2)n1. The number of nitrogens with one attached hydrogen (secondary N) is 1. The third-order valence-corrected chi connectivity index (χ3v) is 3.93. The molecule has 0 fully saturated rings. The molecule has 1 N–H and O–H groups in total. The molecule has 1 aromatic heterocycles. The summed E-state index contributed by atoms with van der Waals surface area (Å²) in [5.41, 5.74) is 3.14. The fraction of sp³-hybridized carbons (Fsp3) is 0.143. The lowest BCUT2D eigenvalue weighted by Gasteiger charge is -2.18. The fourth-order valence-electron chi connectivity index (χ4n) is 2.63. The Balaban J connectivity index is 1.79. The van der Waals surface area contributed by atoms with E-state index in [1.54, 1.807) is 30.3 Å². The van der Waals surface area contributed by atoms with Crippen LogP contribution in [0.3, 0.4) is 0 Å². The van der Waals surface area contributed by atoms with Crippen LogP contribution in [-0.2, 0) is 6.54 Å². The highest BCUT2D eigenvalue weighted by molar-refractivity contribution is 6.03. The van der Waals surface area contributed by atoms with E-state index in [9.17, 15) is 4.79 Å². The highest BCUT2D eigenvalue weighted by atomic mass is 16.1. The van der Waals surface area contributed by atoms with Gasteiger partial charge in [-0.3, -0.25) is 4.79 Å². The molecule has 0 aliphatic rings. The molecule has 0 spiro atoms. The Morgan fingerprint density at radius 3 is 2.63 bits per heavy atom. The number of benzene rings is 2. The van der Waals surface area contributed by atoms with Crippen molar-refractivity contribution in [3.8, 4) is 6.07 Å². The monoisotopic (exact) mass is 357 g/mol. The van der Waals surface area contributed by atoms with E-state index < -0.39 is 0 Å². The van der Waals surface area contributed by atoms with Gasteiger partial charge in [0.25, 0.3) is 5.91 Å². The van der Waals surface area contributed by atoms with Crippen molar-refractivity contribution in [1.29, 1.82) is 5.26 Å². The lowest BCUT2D eigenvalue weighted by Crippen LogP contribution is -2.22. The van der Waals surface area contributed by atoms with Crippen LogP contribution in [0.1, 0.15) is 27.3 Å². The van der Waals surface area contributed by atoms with Gasteiger partial charge in [0.2, 0.25) is 5.95 Å². The van der Waals surface area contributed by atoms with Gasteiger partial charge in [-0.2, -0.15) is 5.26 Å². The molecule has 0 atom stereocenters. The van der Waals surface area contributed by atoms with Crippen molar-refractivity contribution >= 4 is 17.5 Å². The number of aryl methyl sites for hydroxylation is 1. The Hall–Kier alpha value is -3.72. The molecule has 0 saturated heterocycles. The van der Waals surface area contributed by atoms with Crippen LogP contribution in [0.2, 0.25) is 0 Å². The number of aromatic nitrogens is 2. The second kappa shape index (κ2) is 8.11. The van der Waals surface area contributed by atoms with Crippen LogP contribution in [0.4, 0.5) is 11.6 Å². The summed E-state index contributed by atoms with van der Waals surface area (Å²) in [5, 5.41) is 11.8. The van der Waals surface area contributed by atoms with Gasteiger partial charge in [-0.15, -0.1) is 0 Å². The number of anilines is 2. The third-order valence-electron chi connectivity index (χ3n) is 3.93. The maximum atomic E-state index is 12.6. The zero-order valence-corrected chi connectivity index (χ0v) is 15.2. The second-order valence-electron chi connectivity index (χ2n) is 6.18. The van der Waals surface area contributed by atoms with Gasteiger partial charge >= 0.3 is 0 Å². The number of nitrogens with zero attached hydrogens (tertiary/aromatic N) is 4. The average molecular weight is 357 g/mol. The smallest absolute Gasteiger partial charge is 0.274 e. The minimum absolute atomic E-state index is 0.278. The first-order chi connectivity index (χ1) is 13.0. The fourth-order valence-corrected chi connectivity index (χ4v) is 2.63. The summed E-state index contributed by atoms with van der Waals surface area (Å²) in [5.74, 6) is 0.139. The molecule has 3 aromatic rings. The molecule has 0 aliphatic heterocycles. The summed E-state index contributed by atoms with van der Waals surface area (Å²) in [7, 11) is 1.89. The highest BCUT2D eigenvalue weighted by Gasteiger charge is 2.14. The van der Waals surface area contributed by atoms with Crippen LogP contribution < -0.4 is 10.2 Å². The minimum atomic E-state index is -0.343. The third kappa shape index (κ3) is 4.67. The van der Waals surface area contributed by atoms with Crippen molar-refractivity contribution in [2.24, 2.45) is 0 Å². The van der Waals surface area contributed by atoms with Gasteiger partial charge in [-0.1, -0.05) is 36.4 Å². The first kappa shape index (κ1) is 18.1. The first-order valence-electron chi connectivity index (χ1n) is 8.47. The molecule has 1 heterocycles. The molecule has 0 saturated carbocycles. The van der Waals surface area contributed by atoms with Crippen LogP contribution in [0, 0.1) is 18.3 Å². The summed E-state index contributed by atoms with van der Waals surface area (Å²) in [6, 6.07) is 20.4. The van der Waals surface area contributed by atoms with Crippen molar-refractivity contribution in [2.45, 2.75) is 13.5 Å². The molecule has 1 amide bonds. The normalized spacial score (nSPS) is 10.1. The predicted molar refractivity (Wildman–Crippen MR) is 104 cm³/mol. The molecule has 134 valence electrons. The maximum Gasteiger partial charge on any atom is 0.274 e. The van der Waals surface area contributed by atoms with E-state index in [1.807, 2.05) is 49.2 Å². The summed E-state index contributed by atoms with van der Waals surface area (Å²) in [4.78, 5) is 23.3. The lowest BCUT2D eigenvalue weighted by molar-refractivity contribution is 0.102. The van der Waals surface area contributed by atoms with Crippen LogP contribution in [0.5, 0.6) is 0 Å². The Morgan fingerprint density at radius 2 is 1.89 bits per heavy atom. The molecule has 0 bridgehead atoms. The van der Waals surface area contributed by atoms with Crippen LogP contribution in [0.25, 0.3) is 0 Å². The Kier molecular flexibility index (Phi) is 5.43. The predicted octanol–water partition coefficient (Wildman–Crippen LogP) is 3.55. The van der Waals surface area contributed by atoms with Crippen molar-refractivity contribution in [3.63, 3.8) is 0 Å². The summed E-state index contributed by atoms with van der Waals surface area (Å²) in [6.45, 7) is 2.46. The van der Waals surface area contributed by atoms with Crippen molar-refractivity contribution in [3.05, 3.63) is 83.2 Å². The second-order valence-corrected chi connectivity index (χ2v) is 6.18. The van der Waals surface area contributed by atoms with Crippen LogP contribution in [0.15, 0.2) is 60.7 Å². The zero-order chi connectivity index (χ0) is 19.2. The van der Waals surface area contributed by atoms with Crippen molar-refractivity contribution in [1.82, 2.24) is 9.97 Å². The quantitative estimate of drug-likeness (QED) is 0.755. The number of hydrogen-bond acceptors (Lipinski definition) is 5. The number of carbonyl (C=O) groups is 1. The zero-order valence-electron chi connectivity index (χ0n) is 15.2. The van der Waals surface area contributed by atoms with Crippen LogP contribution >= 0.6 is 0 Å². The van der Waals surface area contributed by atoms with Crippen molar-refractivity contribution < 1.29 is 4.79 Å². The number of carbonyl (C=O) groups excluding carboxylic acids is 1. The molecule has 6 nitrogen and oxygen atoms in total. The number of nitriles is 1. The van der Waals surface area contributed by atoms with Gasteiger partial charge in [-0.05, 0) is 36.8 Å². The van der Waals surface area contributed by atoms with Crippen LogP contribution in [-0.4, -0.2) is 22.9 Å². The van der Waals surface area contributed by atoms with E-state index in [-0.39, 0.29) is 11.6 Å². The molecule has 6 heteroatoms. The van der Waals surface area contributed by atoms with Gasteiger partial charge in [0.05, 0.1) is 11.6 Å². The molecule has 3 rings (SSSR count).